The maximum atomic E-state index is 11.0. The van der Waals surface area contributed by atoms with Crippen molar-refractivity contribution < 1.29 is 9.90 Å². The number of unbranched alkanes of at least 4 members (excludes halogenated alkanes) is 2. The van der Waals surface area contributed by atoms with E-state index in [1.54, 1.807) is 6.33 Å². The molecule has 2 heterocycles. The second-order valence-corrected chi connectivity index (χ2v) is 5.49. The minimum atomic E-state index is -0.685. The summed E-state index contributed by atoms with van der Waals surface area (Å²) in [4.78, 5) is 21.6. The summed E-state index contributed by atoms with van der Waals surface area (Å²) in [6, 6.07) is 1.95. The van der Waals surface area contributed by atoms with Crippen molar-refractivity contribution in [3.63, 3.8) is 0 Å². The minimum Gasteiger partial charge on any atom is -0.481 e. The summed E-state index contributed by atoms with van der Waals surface area (Å²) in [5.41, 5.74) is 0. The molecule has 0 saturated carbocycles. The molecule has 21 heavy (non-hydrogen) atoms. The van der Waals surface area contributed by atoms with Crippen molar-refractivity contribution in [3.05, 3.63) is 12.4 Å². The van der Waals surface area contributed by atoms with Crippen LogP contribution in [0.3, 0.4) is 0 Å². The van der Waals surface area contributed by atoms with Gasteiger partial charge in [-0.1, -0.05) is 19.8 Å². The van der Waals surface area contributed by atoms with Crippen LogP contribution in [-0.2, 0) is 4.79 Å². The fourth-order valence-electron chi connectivity index (χ4n) is 2.56. The minimum absolute atomic E-state index is 0.213. The van der Waals surface area contributed by atoms with Crippen LogP contribution >= 0.6 is 0 Å². The predicted molar refractivity (Wildman–Crippen MR) is 82.6 cm³/mol. The molecule has 1 aromatic heterocycles. The highest BCUT2D eigenvalue weighted by Crippen LogP contribution is 2.22. The molecule has 0 aliphatic carbocycles. The van der Waals surface area contributed by atoms with E-state index in [1.807, 2.05) is 6.07 Å². The van der Waals surface area contributed by atoms with Gasteiger partial charge in [0.25, 0.3) is 0 Å². The van der Waals surface area contributed by atoms with Crippen LogP contribution < -0.4 is 10.2 Å². The molecule has 1 saturated heterocycles. The second kappa shape index (κ2) is 7.81. The van der Waals surface area contributed by atoms with E-state index in [0.717, 1.165) is 37.7 Å². The summed E-state index contributed by atoms with van der Waals surface area (Å²) in [6.07, 6.45) is 6.49. The molecule has 1 aliphatic rings. The Bertz CT molecular complexity index is 459. The number of nitrogens with one attached hydrogen (secondary N) is 1. The van der Waals surface area contributed by atoms with E-state index in [1.165, 1.54) is 12.8 Å². The first-order chi connectivity index (χ1) is 10.2. The fourth-order valence-corrected chi connectivity index (χ4v) is 2.56. The van der Waals surface area contributed by atoms with Crippen molar-refractivity contribution in [1.29, 1.82) is 0 Å². The number of carboxylic acids is 1. The zero-order valence-electron chi connectivity index (χ0n) is 12.6. The lowest BCUT2D eigenvalue weighted by Gasteiger charge is -2.31. The summed E-state index contributed by atoms with van der Waals surface area (Å²) in [5.74, 6) is 0.827. The summed E-state index contributed by atoms with van der Waals surface area (Å²) < 4.78 is 0. The zero-order valence-corrected chi connectivity index (χ0v) is 12.6. The smallest absolute Gasteiger partial charge is 0.306 e. The van der Waals surface area contributed by atoms with Gasteiger partial charge < -0.3 is 15.3 Å². The number of aromatic nitrogens is 2. The number of hydrogen-bond donors (Lipinski definition) is 2. The van der Waals surface area contributed by atoms with Crippen LogP contribution in [0.5, 0.6) is 0 Å². The lowest BCUT2D eigenvalue weighted by molar-refractivity contribution is -0.142. The standard InChI is InChI=1S/C15H24N4O2/c1-2-3-4-7-16-13-10-14(18-11-17-13)19-8-5-12(6-9-19)15(20)21/h10-12H,2-9H2,1H3,(H,20,21)(H,16,17,18). The summed E-state index contributed by atoms with van der Waals surface area (Å²) >= 11 is 0. The van der Waals surface area contributed by atoms with Crippen LogP contribution in [0, 0.1) is 5.92 Å². The third-order valence-electron chi connectivity index (χ3n) is 3.91. The number of aliphatic carboxylic acids is 1. The predicted octanol–water partition coefficient (Wildman–Crippen LogP) is 2.38. The van der Waals surface area contributed by atoms with Crippen LogP contribution in [0.15, 0.2) is 12.4 Å². The van der Waals surface area contributed by atoms with Crippen molar-refractivity contribution in [2.75, 3.05) is 29.9 Å². The molecule has 0 aromatic carbocycles. The van der Waals surface area contributed by atoms with Gasteiger partial charge in [-0.15, -0.1) is 0 Å². The van der Waals surface area contributed by atoms with E-state index >= 15 is 0 Å². The molecule has 1 aromatic rings. The molecular formula is C15H24N4O2. The Morgan fingerprint density at radius 1 is 1.38 bits per heavy atom. The number of nitrogens with zero attached hydrogens (tertiary/aromatic N) is 3. The number of hydrogen-bond acceptors (Lipinski definition) is 5. The van der Waals surface area contributed by atoms with Crippen molar-refractivity contribution in [3.8, 4) is 0 Å². The first kappa shape index (κ1) is 15.5. The van der Waals surface area contributed by atoms with Gasteiger partial charge in [-0.3, -0.25) is 4.79 Å². The number of carboxylic acid groups (broad SMARTS) is 1. The van der Waals surface area contributed by atoms with Gasteiger partial charge >= 0.3 is 5.97 Å². The maximum Gasteiger partial charge on any atom is 0.306 e. The third-order valence-corrected chi connectivity index (χ3v) is 3.91. The first-order valence-corrected chi connectivity index (χ1v) is 7.74. The number of anilines is 2. The lowest BCUT2D eigenvalue weighted by atomic mass is 9.97. The highest BCUT2D eigenvalue weighted by atomic mass is 16.4. The Balaban J connectivity index is 1.87. The molecule has 2 N–H and O–H groups in total. The molecule has 0 spiro atoms. The largest absolute Gasteiger partial charge is 0.481 e. The van der Waals surface area contributed by atoms with E-state index in [2.05, 4.69) is 27.1 Å². The third kappa shape index (κ3) is 4.58. The zero-order chi connectivity index (χ0) is 15.1. The second-order valence-electron chi connectivity index (χ2n) is 5.49. The Hall–Kier alpha value is -1.85. The molecule has 2 rings (SSSR count). The number of rotatable bonds is 7. The monoisotopic (exact) mass is 292 g/mol. The van der Waals surface area contributed by atoms with Gasteiger partial charge in [-0.25, -0.2) is 9.97 Å². The van der Waals surface area contributed by atoms with Gasteiger partial charge in [-0.2, -0.15) is 0 Å². The van der Waals surface area contributed by atoms with Crippen LogP contribution in [0.2, 0.25) is 0 Å². The van der Waals surface area contributed by atoms with E-state index in [4.69, 9.17) is 5.11 Å². The summed E-state index contributed by atoms with van der Waals surface area (Å²) in [5, 5.41) is 12.3. The molecule has 0 radical (unpaired) electrons. The highest BCUT2D eigenvalue weighted by molar-refractivity contribution is 5.70. The molecule has 6 nitrogen and oxygen atoms in total. The molecule has 1 aliphatic heterocycles. The Morgan fingerprint density at radius 3 is 2.81 bits per heavy atom. The van der Waals surface area contributed by atoms with E-state index in [-0.39, 0.29) is 5.92 Å². The Labute approximate surface area is 125 Å². The SMILES string of the molecule is CCCCCNc1cc(N2CCC(C(=O)O)CC2)ncn1. The number of carbonyl (C=O) groups is 1. The molecule has 0 atom stereocenters. The van der Waals surface area contributed by atoms with Gasteiger partial charge in [0, 0.05) is 25.7 Å². The van der Waals surface area contributed by atoms with E-state index in [9.17, 15) is 4.79 Å². The molecule has 0 unspecified atom stereocenters. The lowest BCUT2D eigenvalue weighted by Crippen LogP contribution is -2.36. The molecule has 1 fully saturated rings. The van der Waals surface area contributed by atoms with E-state index < -0.39 is 5.97 Å². The molecule has 0 bridgehead atoms. The van der Waals surface area contributed by atoms with Crippen molar-refractivity contribution in [1.82, 2.24) is 9.97 Å². The average molecular weight is 292 g/mol. The maximum absolute atomic E-state index is 11.0. The Morgan fingerprint density at radius 2 is 2.14 bits per heavy atom. The van der Waals surface area contributed by atoms with Crippen molar-refractivity contribution in [2.45, 2.75) is 39.0 Å². The summed E-state index contributed by atoms with van der Waals surface area (Å²) in [6.45, 7) is 4.58. The fraction of sp³-hybridized carbons (Fsp3) is 0.667. The van der Waals surface area contributed by atoms with Crippen molar-refractivity contribution >= 4 is 17.6 Å². The normalized spacial score (nSPS) is 16.0. The van der Waals surface area contributed by atoms with Gasteiger partial charge in [0.05, 0.1) is 5.92 Å². The van der Waals surface area contributed by atoms with Crippen LogP contribution in [0.1, 0.15) is 39.0 Å². The molecular weight excluding hydrogens is 268 g/mol. The quantitative estimate of drug-likeness (QED) is 0.751. The van der Waals surface area contributed by atoms with E-state index in [0.29, 0.717) is 12.8 Å². The molecule has 116 valence electrons. The molecule has 0 amide bonds. The van der Waals surface area contributed by atoms with Crippen LogP contribution in [0.4, 0.5) is 11.6 Å². The van der Waals surface area contributed by atoms with Gasteiger partial charge in [-0.05, 0) is 19.3 Å². The van der Waals surface area contributed by atoms with Gasteiger partial charge in [0.15, 0.2) is 0 Å². The average Bonchev–Trinajstić information content (AvgIpc) is 2.52. The summed E-state index contributed by atoms with van der Waals surface area (Å²) in [7, 11) is 0. The highest BCUT2D eigenvalue weighted by Gasteiger charge is 2.25. The van der Waals surface area contributed by atoms with Crippen LogP contribution in [0.25, 0.3) is 0 Å². The number of piperidine rings is 1. The Kier molecular flexibility index (Phi) is 5.78. The molecule has 6 heteroatoms. The van der Waals surface area contributed by atoms with Crippen molar-refractivity contribution in [2.24, 2.45) is 5.92 Å². The van der Waals surface area contributed by atoms with Gasteiger partial charge in [0.2, 0.25) is 0 Å². The first-order valence-electron chi connectivity index (χ1n) is 7.74. The van der Waals surface area contributed by atoms with Crippen LogP contribution in [-0.4, -0.2) is 40.7 Å². The van der Waals surface area contributed by atoms with Gasteiger partial charge in [0.1, 0.15) is 18.0 Å². The topological polar surface area (TPSA) is 78.4 Å².